The summed E-state index contributed by atoms with van der Waals surface area (Å²) < 4.78 is 35.9. The monoisotopic (exact) mass is 578 g/mol. The molecule has 10 heteroatoms. The average Bonchev–Trinajstić information content (AvgIpc) is 3.60. The van der Waals surface area contributed by atoms with Crippen molar-refractivity contribution in [1.82, 2.24) is 13.9 Å². The van der Waals surface area contributed by atoms with Gasteiger partial charge in [0.15, 0.2) is 0 Å². The molecule has 1 saturated heterocycles. The predicted molar refractivity (Wildman–Crippen MR) is 156 cm³/mol. The van der Waals surface area contributed by atoms with Gasteiger partial charge in [-0.15, -0.1) is 0 Å². The third kappa shape index (κ3) is 6.45. The Morgan fingerprint density at radius 1 is 1.02 bits per heavy atom. The Labute approximate surface area is 239 Å². The highest BCUT2D eigenvalue weighted by Gasteiger charge is 2.31. The van der Waals surface area contributed by atoms with Crippen molar-refractivity contribution in [1.29, 1.82) is 0 Å². The molecule has 0 aliphatic carbocycles. The van der Waals surface area contributed by atoms with Gasteiger partial charge in [0.25, 0.3) is 0 Å². The topological polar surface area (TPSA) is 93.5 Å². The lowest BCUT2D eigenvalue weighted by Crippen LogP contribution is -2.42. The molecular weight excluding hydrogens is 548 g/mol. The van der Waals surface area contributed by atoms with Crippen molar-refractivity contribution in [3.63, 3.8) is 0 Å². The van der Waals surface area contributed by atoms with Gasteiger partial charge in [-0.3, -0.25) is 14.7 Å². The van der Waals surface area contributed by atoms with Crippen molar-refractivity contribution < 1.29 is 17.9 Å². The van der Waals surface area contributed by atoms with Crippen LogP contribution in [-0.2, 0) is 19.6 Å². The van der Waals surface area contributed by atoms with Gasteiger partial charge in [-0.25, -0.2) is 13.4 Å². The van der Waals surface area contributed by atoms with Gasteiger partial charge in [0.2, 0.25) is 21.9 Å². The Morgan fingerprint density at radius 2 is 1.68 bits per heavy atom. The summed E-state index contributed by atoms with van der Waals surface area (Å²) in [4.78, 5) is 18.2. The molecule has 1 aromatic heterocycles. The minimum absolute atomic E-state index is 0.0893. The summed E-state index contributed by atoms with van der Waals surface area (Å²) in [7, 11) is -3.95. The number of nitrogens with one attached hydrogen (secondary N) is 1. The lowest BCUT2D eigenvalue weighted by Gasteiger charge is -2.24. The molecule has 1 aliphatic rings. The SMILES string of the molecule is Cc1ccc(-n2cc(-c3ccc(Cl)cc3)nc2NC(=O)CN(C[C@@H]2CCCO2)S(=O)(=O)c2ccc(C)cc2)cc1. The average molecular weight is 579 g/mol. The standard InChI is InChI=1S/C30H31ClN4O4S/c1-21-5-13-25(14-6-21)35-19-28(23-9-11-24(31)12-10-23)32-30(35)33-29(36)20-34(18-26-4-3-17-39-26)40(37,38)27-15-7-22(2)8-16-27/h5-16,19,26H,3-4,17-18,20H2,1-2H3,(H,32,33,36)/t26-/m0/s1. The fourth-order valence-electron chi connectivity index (χ4n) is 4.58. The van der Waals surface area contributed by atoms with E-state index >= 15 is 0 Å². The van der Waals surface area contributed by atoms with Gasteiger partial charge in [0.1, 0.15) is 0 Å². The minimum atomic E-state index is -3.95. The van der Waals surface area contributed by atoms with Crippen LogP contribution in [-0.4, -0.2) is 54.0 Å². The summed E-state index contributed by atoms with van der Waals surface area (Å²) in [6.45, 7) is 4.18. The highest BCUT2D eigenvalue weighted by Crippen LogP contribution is 2.26. The Morgan fingerprint density at radius 3 is 2.30 bits per heavy atom. The van der Waals surface area contributed by atoms with Crippen LogP contribution in [0.5, 0.6) is 0 Å². The second-order valence-corrected chi connectivity index (χ2v) is 12.3. The third-order valence-electron chi connectivity index (χ3n) is 6.82. The van der Waals surface area contributed by atoms with Crippen LogP contribution in [0.15, 0.2) is 83.9 Å². The Hall–Kier alpha value is -3.50. The van der Waals surface area contributed by atoms with Gasteiger partial charge in [0, 0.05) is 35.6 Å². The van der Waals surface area contributed by atoms with Gasteiger partial charge in [0.05, 0.1) is 23.2 Å². The van der Waals surface area contributed by atoms with Crippen LogP contribution in [0.4, 0.5) is 5.95 Å². The largest absolute Gasteiger partial charge is 0.377 e. The van der Waals surface area contributed by atoms with Gasteiger partial charge in [-0.2, -0.15) is 4.31 Å². The Balaban J connectivity index is 1.44. The maximum Gasteiger partial charge on any atom is 0.243 e. The molecule has 0 unspecified atom stereocenters. The molecule has 4 aromatic rings. The normalized spacial score (nSPS) is 15.4. The van der Waals surface area contributed by atoms with Gasteiger partial charge in [-0.1, -0.05) is 59.1 Å². The van der Waals surface area contributed by atoms with E-state index in [4.69, 9.17) is 16.3 Å². The second kappa shape index (κ2) is 11.9. The van der Waals surface area contributed by atoms with E-state index in [-0.39, 0.29) is 30.0 Å². The van der Waals surface area contributed by atoms with E-state index in [0.717, 1.165) is 35.2 Å². The van der Waals surface area contributed by atoms with E-state index in [9.17, 15) is 13.2 Å². The first-order chi connectivity index (χ1) is 19.2. The summed E-state index contributed by atoms with van der Waals surface area (Å²) in [5.41, 5.74) is 4.31. The Kier molecular flexibility index (Phi) is 8.37. The van der Waals surface area contributed by atoms with Crippen LogP contribution in [0.2, 0.25) is 5.02 Å². The number of imidazole rings is 1. The molecule has 1 aliphatic heterocycles. The highest BCUT2D eigenvalue weighted by atomic mass is 35.5. The summed E-state index contributed by atoms with van der Waals surface area (Å²) in [5, 5.41) is 3.46. The van der Waals surface area contributed by atoms with Crippen LogP contribution in [0, 0.1) is 13.8 Å². The number of aryl methyl sites for hydroxylation is 2. The molecule has 0 saturated carbocycles. The molecular formula is C30H31ClN4O4S. The molecule has 0 radical (unpaired) electrons. The fraction of sp³-hybridized carbons (Fsp3) is 0.267. The summed E-state index contributed by atoms with van der Waals surface area (Å²) in [6, 6.07) is 21.7. The number of hydrogen-bond acceptors (Lipinski definition) is 5. The van der Waals surface area contributed by atoms with Crippen molar-refractivity contribution in [2.24, 2.45) is 0 Å². The number of rotatable bonds is 9. The number of nitrogens with zero attached hydrogens (tertiary/aromatic N) is 3. The van der Waals surface area contributed by atoms with Crippen molar-refractivity contribution in [3.05, 3.63) is 95.1 Å². The van der Waals surface area contributed by atoms with E-state index in [0.29, 0.717) is 17.3 Å². The molecule has 1 atom stereocenters. The van der Waals surface area contributed by atoms with E-state index < -0.39 is 15.9 Å². The van der Waals surface area contributed by atoms with E-state index in [1.807, 2.05) is 56.4 Å². The summed E-state index contributed by atoms with van der Waals surface area (Å²) >= 11 is 6.07. The van der Waals surface area contributed by atoms with Crippen LogP contribution in [0.3, 0.4) is 0 Å². The van der Waals surface area contributed by atoms with E-state index in [1.165, 1.54) is 4.31 Å². The first kappa shape index (κ1) is 28.0. The molecule has 1 fully saturated rings. The minimum Gasteiger partial charge on any atom is -0.377 e. The number of benzene rings is 3. The molecule has 0 spiro atoms. The third-order valence-corrected chi connectivity index (χ3v) is 8.90. The zero-order chi connectivity index (χ0) is 28.3. The van der Waals surface area contributed by atoms with Crippen LogP contribution in [0.1, 0.15) is 24.0 Å². The number of hydrogen-bond donors (Lipinski definition) is 1. The van der Waals surface area contributed by atoms with E-state index in [1.54, 1.807) is 41.0 Å². The predicted octanol–water partition coefficient (Wildman–Crippen LogP) is 5.62. The van der Waals surface area contributed by atoms with Crippen molar-refractivity contribution in [3.8, 4) is 16.9 Å². The first-order valence-electron chi connectivity index (χ1n) is 13.1. The summed E-state index contributed by atoms with van der Waals surface area (Å²) in [5.74, 6) is -0.223. The van der Waals surface area contributed by atoms with Crippen molar-refractivity contribution in [2.75, 3.05) is 25.0 Å². The quantitative estimate of drug-likeness (QED) is 0.278. The molecule has 1 amide bonds. The smallest absolute Gasteiger partial charge is 0.243 e. The lowest BCUT2D eigenvalue weighted by atomic mass is 10.2. The molecule has 1 N–H and O–H groups in total. The second-order valence-electron chi connectivity index (χ2n) is 9.96. The van der Waals surface area contributed by atoms with Gasteiger partial charge in [-0.05, 0) is 63.1 Å². The molecule has 208 valence electrons. The number of amides is 1. The first-order valence-corrected chi connectivity index (χ1v) is 14.9. The maximum absolute atomic E-state index is 13.6. The number of aromatic nitrogens is 2. The number of halogens is 1. The van der Waals surface area contributed by atoms with Crippen LogP contribution < -0.4 is 5.32 Å². The number of ether oxygens (including phenoxy) is 1. The molecule has 3 aromatic carbocycles. The number of carbonyl (C=O) groups is 1. The van der Waals surface area contributed by atoms with Crippen LogP contribution >= 0.6 is 11.6 Å². The number of carbonyl (C=O) groups excluding carboxylic acids is 1. The van der Waals surface area contributed by atoms with Crippen molar-refractivity contribution in [2.45, 2.75) is 37.7 Å². The fourth-order valence-corrected chi connectivity index (χ4v) is 6.13. The molecule has 2 heterocycles. The zero-order valence-electron chi connectivity index (χ0n) is 22.4. The maximum atomic E-state index is 13.6. The number of sulfonamides is 1. The molecule has 40 heavy (non-hydrogen) atoms. The molecule has 8 nitrogen and oxygen atoms in total. The zero-order valence-corrected chi connectivity index (χ0v) is 24.0. The van der Waals surface area contributed by atoms with Gasteiger partial charge < -0.3 is 4.74 Å². The lowest BCUT2D eigenvalue weighted by molar-refractivity contribution is -0.116. The molecule has 5 rings (SSSR count). The summed E-state index contributed by atoms with van der Waals surface area (Å²) in [6.07, 6.45) is 3.16. The Bertz CT molecular complexity index is 1580. The van der Waals surface area contributed by atoms with Crippen molar-refractivity contribution >= 4 is 33.5 Å². The number of anilines is 1. The van der Waals surface area contributed by atoms with Gasteiger partial charge >= 0.3 is 0 Å². The molecule has 0 bridgehead atoms. The van der Waals surface area contributed by atoms with E-state index in [2.05, 4.69) is 10.3 Å². The highest BCUT2D eigenvalue weighted by molar-refractivity contribution is 7.89. The van der Waals surface area contributed by atoms with Crippen LogP contribution in [0.25, 0.3) is 16.9 Å².